The highest BCUT2D eigenvalue weighted by Gasteiger charge is 2.31. The Labute approximate surface area is 323 Å². The van der Waals surface area contributed by atoms with E-state index in [0.29, 0.717) is 88.5 Å². The zero-order valence-corrected chi connectivity index (χ0v) is 31.8. The van der Waals surface area contributed by atoms with Crippen molar-refractivity contribution in [1.29, 1.82) is 0 Å². The quantitative estimate of drug-likeness (QED) is 0.0799. The number of ether oxygens (including phenoxy) is 6. The number of rotatable bonds is 20. The van der Waals surface area contributed by atoms with Gasteiger partial charge in [-0.05, 0) is 68.7 Å². The Morgan fingerprint density at radius 2 is 1.54 bits per heavy atom. The Bertz CT molecular complexity index is 1910. The van der Waals surface area contributed by atoms with Crippen molar-refractivity contribution in [2.75, 3.05) is 70.0 Å². The molecule has 2 aromatic carbocycles. The van der Waals surface area contributed by atoms with E-state index in [1.54, 1.807) is 40.2 Å². The van der Waals surface area contributed by atoms with Crippen LogP contribution >= 0.6 is 0 Å². The molecule has 2 N–H and O–H groups in total. The van der Waals surface area contributed by atoms with E-state index in [-0.39, 0.29) is 37.1 Å². The number of amides is 1. The van der Waals surface area contributed by atoms with Crippen LogP contribution in [0.3, 0.4) is 0 Å². The topological polar surface area (TPSA) is 149 Å². The fourth-order valence-corrected chi connectivity index (χ4v) is 5.75. The minimum Gasteiger partial charge on any atom is -0.460 e. The molecule has 0 bridgehead atoms. The van der Waals surface area contributed by atoms with Gasteiger partial charge in [0.05, 0.1) is 84.0 Å². The van der Waals surface area contributed by atoms with E-state index in [4.69, 9.17) is 34.2 Å². The Balaban J connectivity index is 0.993. The molecule has 56 heavy (non-hydrogen) atoms. The lowest BCUT2D eigenvalue weighted by molar-refractivity contribution is -0.156. The number of benzene rings is 2. The molecule has 0 atom stereocenters. The Hall–Kier alpha value is -5.03. The fourth-order valence-electron chi connectivity index (χ4n) is 5.75. The van der Waals surface area contributed by atoms with Crippen molar-refractivity contribution >= 4 is 23.4 Å². The minimum absolute atomic E-state index is 0.146. The maximum Gasteiger partial charge on any atom is 0.416 e. The van der Waals surface area contributed by atoms with Crippen LogP contribution in [0, 0.1) is 0 Å². The summed E-state index contributed by atoms with van der Waals surface area (Å²) in [6.07, 6.45) is 1.37. The lowest BCUT2D eigenvalue weighted by Crippen LogP contribution is -2.30. The standard InChI is InChI=1S/C40H48F3N5O8/c1-39(2,3)56-37(50)10-13-51-15-17-53-19-20-54-18-16-52-14-12-47-27-31(26-46-47)30-24-35(38(44)45-25-30)55-33-7-8-34-29(23-33)9-11-48(34)36(49)22-28-5-4-6-32(21-28)40(41,42)43/h4-8,21,23-27H,9-20,22H2,1-3H3,(H2,44,45). The molecule has 0 spiro atoms. The monoisotopic (exact) mass is 783 g/mol. The number of hydrogen-bond donors (Lipinski definition) is 1. The molecule has 0 fully saturated rings. The summed E-state index contributed by atoms with van der Waals surface area (Å²) in [4.78, 5) is 30.6. The molecule has 0 aliphatic carbocycles. The van der Waals surface area contributed by atoms with Crippen LogP contribution in [0.4, 0.5) is 24.7 Å². The van der Waals surface area contributed by atoms with Crippen molar-refractivity contribution in [2.45, 2.75) is 58.4 Å². The first-order valence-electron chi connectivity index (χ1n) is 18.3. The first-order chi connectivity index (χ1) is 26.7. The second-order valence-corrected chi connectivity index (χ2v) is 13.9. The number of carbonyl (C=O) groups is 2. The number of nitrogen functional groups attached to an aromatic ring is 1. The molecule has 16 heteroatoms. The summed E-state index contributed by atoms with van der Waals surface area (Å²) in [5.41, 5.74) is 8.30. The maximum atomic E-state index is 13.1. The SMILES string of the molecule is CC(C)(C)OC(=O)CCOCCOCCOCCOCCn1cc(-c2cnc(N)c(Oc3ccc4c(c3)CCN4C(=O)Cc3cccc(C(F)(F)F)c3)c2)cn1. The highest BCUT2D eigenvalue weighted by atomic mass is 19.4. The molecule has 302 valence electrons. The molecule has 5 rings (SSSR count). The van der Waals surface area contributed by atoms with Crippen LogP contribution in [0.1, 0.15) is 43.9 Å². The molecule has 0 unspecified atom stereocenters. The average Bonchev–Trinajstić information content (AvgIpc) is 3.79. The Kier molecular flexibility index (Phi) is 14.8. The number of nitrogens with zero attached hydrogens (tertiary/aromatic N) is 4. The van der Waals surface area contributed by atoms with E-state index >= 15 is 0 Å². The van der Waals surface area contributed by atoms with E-state index in [2.05, 4.69) is 10.1 Å². The van der Waals surface area contributed by atoms with Gasteiger partial charge in [0.15, 0.2) is 11.6 Å². The summed E-state index contributed by atoms with van der Waals surface area (Å²) in [6.45, 7) is 9.59. The number of pyridine rings is 1. The van der Waals surface area contributed by atoms with Gasteiger partial charge in [-0.1, -0.05) is 18.2 Å². The summed E-state index contributed by atoms with van der Waals surface area (Å²) in [6, 6.07) is 11.9. The first-order valence-corrected chi connectivity index (χ1v) is 18.3. The van der Waals surface area contributed by atoms with Gasteiger partial charge in [-0.25, -0.2) is 4.98 Å². The third kappa shape index (κ3) is 13.0. The smallest absolute Gasteiger partial charge is 0.416 e. The molecule has 1 aliphatic rings. The first kappa shape index (κ1) is 42.1. The van der Waals surface area contributed by atoms with Crippen molar-refractivity contribution in [1.82, 2.24) is 14.8 Å². The summed E-state index contributed by atoms with van der Waals surface area (Å²) in [5, 5.41) is 4.42. The van der Waals surface area contributed by atoms with Gasteiger partial charge in [-0.15, -0.1) is 0 Å². The number of aromatic nitrogens is 3. The van der Waals surface area contributed by atoms with Crippen LogP contribution < -0.4 is 15.4 Å². The number of fused-ring (bicyclic) bond motifs is 1. The highest BCUT2D eigenvalue weighted by Crippen LogP contribution is 2.36. The van der Waals surface area contributed by atoms with E-state index in [1.807, 2.05) is 33.0 Å². The van der Waals surface area contributed by atoms with Crippen LogP contribution in [0.5, 0.6) is 11.5 Å². The van der Waals surface area contributed by atoms with Crippen LogP contribution in [-0.4, -0.2) is 91.6 Å². The van der Waals surface area contributed by atoms with Gasteiger partial charge in [0, 0.05) is 35.8 Å². The van der Waals surface area contributed by atoms with Gasteiger partial charge < -0.3 is 39.1 Å². The molecular formula is C40H48F3N5O8. The Morgan fingerprint density at radius 1 is 0.839 bits per heavy atom. The molecule has 0 saturated heterocycles. The summed E-state index contributed by atoms with van der Waals surface area (Å²) in [5.74, 6) is 0.477. The summed E-state index contributed by atoms with van der Waals surface area (Å²) in [7, 11) is 0. The predicted octanol–water partition coefficient (Wildman–Crippen LogP) is 6.27. The second kappa shape index (κ2) is 19.7. The molecule has 2 aromatic heterocycles. The number of alkyl halides is 3. The normalized spacial score (nSPS) is 12.9. The molecule has 1 amide bonds. The van der Waals surface area contributed by atoms with Gasteiger partial charge in [0.1, 0.15) is 11.4 Å². The van der Waals surface area contributed by atoms with Crippen LogP contribution in [0.2, 0.25) is 0 Å². The number of carbonyl (C=O) groups excluding carboxylic acids is 2. The number of hydrogen-bond acceptors (Lipinski definition) is 11. The van der Waals surface area contributed by atoms with Crippen molar-refractivity contribution in [3.8, 4) is 22.6 Å². The van der Waals surface area contributed by atoms with Crippen molar-refractivity contribution in [2.24, 2.45) is 0 Å². The largest absolute Gasteiger partial charge is 0.460 e. The van der Waals surface area contributed by atoms with E-state index in [9.17, 15) is 22.8 Å². The number of nitrogens with two attached hydrogens (primary N) is 1. The van der Waals surface area contributed by atoms with Crippen molar-refractivity contribution < 1.29 is 51.2 Å². The third-order valence-corrected chi connectivity index (χ3v) is 8.38. The summed E-state index contributed by atoms with van der Waals surface area (Å²) < 4.78 is 74.6. The van der Waals surface area contributed by atoms with Crippen LogP contribution in [-0.2, 0) is 58.8 Å². The van der Waals surface area contributed by atoms with E-state index in [0.717, 1.165) is 28.8 Å². The number of halogens is 3. The predicted molar refractivity (Wildman–Crippen MR) is 201 cm³/mol. The molecule has 0 radical (unpaired) electrons. The average molecular weight is 784 g/mol. The minimum atomic E-state index is -4.48. The van der Waals surface area contributed by atoms with E-state index < -0.39 is 17.3 Å². The molecule has 3 heterocycles. The molecule has 0 saturated carbocycles. The number of esters is 1. The second-order valence-electron chi connectivity index (χ2n) is 13.9. The molecule has 1 aliphatic heterocycles. The molecule has 13 nitrogen and oxygen atoms in total. The highest BCUT2D eigenvalue weighted by molar-refractivity contribution is 5.96. The lowest BCUT2D eigenvalue weighted by atomic mass is 10.1. The van der Waals surface area contributed by atoms with E-state index in [1.165, 1.54) is 12.1 Å². The van der Waals surface area contributed by atoms with Gasteiger partial charge in [-0.3, -0.25) is 14.3 Å². The van der Waals surface area contributed by atoms with Gasteiger partial charge in [-0.2, -0.15) is 18.3 Å². The fraction of sp³-hybridized carbons (Fsp3) is 0.450. The van der Waals surface area contributed by atoms with Crippen LogP contribution in [0.25, 0.3) is 11.1 Å². The van der Waals surface area contributed by atoms with Gasteiger partial charge >= 0.3 is 12.1 Å². The van der Waals surface area contributed by atoms with Crippen LogP contribution in [0.15, 0.2) is 67.1 Å². The molecular weight excluding hydrogens is 735 g/mol. The van der Waals surface area contributed by atoms with Gasteiger partial charge in [0.25, 0.3) is 0 Å². The molecule has 4 aromatic rings. The zero-order valence-electron chi connectivity index (χ0n) is 31.8. The third-order valence-electron chi connectivity index (χ3n) is 8.38. The zero-order chi connectivity index (χ0) is 40.1. The van der Waals surface area contributed by atoms with Gasteiger partial charge in [0.2, 0.25) is 5.91 Å². The summed E-state index contributed by atoms with van der Waals surface area (Å²) >= 11 is 0. The number of anilines is 2. The van der Waals surface area contributed by atoms with Crippen molar-refractivity contribution in [3.63, 3.8) is 0 Å². The Morgan fingerprint density at radius 3 is 2.23 bits per heavy atom. The van der Waals surface area contributed by atoms with Crippen molar-refractivity contribution in [3.05, 3.63) is 83.8 Å². The maximum absolute atomic E-state index is 13.1. The lowest BCUT2D eigenvalue weighted by Gasteiger charge is -2.19.